The fourth-order valence-corrected chi connectivity index (χ4v) is 3.85. The Labute approximate surface area is 215 Å². The van der Waals surface area contributed by atoms with E-state index in [9.17, 15) is 14.4 Å². The Morgan fingerprint density at radius 3 is 2.05 bits per heavy atom. The van der Waals surface area contributed by atoms with Gasteiger partial charge in [-0.25, -0.2) is 15.0 Å². The highest BCUT2D eigenvalue weighted by Crippen LogP contribution is 2.39. The zero-order valence-electron chi connectivity index (χ0n) is 21.2. The van der Waals surface area contributed by atoms with Crippen molar-refractivity contribution in [2.24, 2.45) is 5.10 Å². The largest absolute Gasteiger partial charge is 0.484 e. The van der Waals surface area contributed by atoms with Gasteiger partial charge in [0.25, 0.3) is 5.91 Å². The third-order valence-corrected chi connectivity index (χ3v) is 5.44. The van der Waals surface area contributed by atoms with Gasteiger partial charge in [0.15, 0.2) is 6.61 Å². The lowest BCUT2D eigenvalue weighted by atomic mass is 9.80. The van der Waals surface area contributed by atoms with E-state index < -0.39 is 23.8 Å². The van der Waals surface area contributed by atoms with Gasteiger partial charge in [-0.05, 0) is 63.1 Å². The number of carbonyl (C=O) groups excluding carboxylic acids is 3. The molecule has 2 aromatic rings. The van der Waals surface area contributed by atoms with E-state index in [1.807, 2.05) is 0 Å². The van der Waals surface area contributed by atoms with Gasteiger partial charge < -0.3 is 19.5 Å². The average Bonchev–Trinajstić information content (AvgIpc) is 2.88. The van der Waals surface area contributed by atoms with Crippen LogP contribution in [0.2, 0.25) is 0 Å². The fraction of sp³-hybridized carbons (Fsp3) is 0.296. The summed E-state index contributed by atoms with van der Waals surface area (Å²) in [5, 5.41) is 6.99. The van der Waals surface area contributed by atoms with Crippen molar-refractivity contribution in [1.29, 1.82) is 0 Å². The SMILES string of the molecule is CCOC(=O)C1=C(C)NC(C)=C(C(=O)OCC)C1c1ccc(OCC(=O)N/N=C/c2ccncc2)cc1. The molecule has 1 aromatic carbocycles. The Kier molecular flexibility index (Phi) is 9.54. The predicted octanol–water partition coefficient (Wildman–Crippen LogP) is 2.97. The van der Waals surface area contributed by atoms with Gasteiger partial charge in [-0.2, -0.15) is 5.10 Å². The highest BCUT2D eigenvalue weighted by Gasteiger charge is 2.37. The second-order valence-electron chi connectivity index (χ2n) is 8.01. The molecule has 0 aliphatic carbocycles. The van der Waals surface area contributed by atoms with Crippen molar-refractivity contribution in [3.8, 4) is 5.75 Å². The molecule has 2 heterocycles. The van der Waals surface area contributed by atoms with Crippen molar-refractivity contribution in [1.82, 2.24) is 15.7 Å². The number of rotatable bonds is 10. The summed E-state index contributed by atoms with van der Waals surface area (Å²) in [6.45, 7) is 7.11. The molecule has 0 bridgehead atoms. The monoisotopic (exact) mass is 506 g/mol. The quantitative estimate of drug-likeness (QED) is 0.286. The zero-order chi connectivity index (χ0) is 26.8. The van der Waals surface area contributed by atoms with Crippen molar-refractivity contribution in [3.05, 3.63) is 82.5 Å². The van der Waals surface area contributed by atoms with Crippen LogP contribution in [0.15, 0.2) is 76.4 Å². The second-order valence-corrected chi connectivity index (χ2v) is 8.01. The lowest BCUT2D eigenvalue weighted by molar-refractivity contribution is -0.139. The number of esters is 2. The molecular weight excluding hydrogens is 476 g/mol. The normalized spacial score (nSPS) is 13.8. The van der Waals surface area contributed by atoms with E-state index in [1.54, 1.807) is 76.5 Å². The molecule has 0 atom stereocenters. The molecule has 0 radical (unpaired) electrons. The first-order valence-electron chi connectivity index (χ1n) is 11.8. The highest BCUT2D eigenvalue weighted by atomic mass is 16.5. The number of nitrogens with one attached hydrogen (secondary N) is 2. The molecule has 3 rings (SSSR count). The van der Waals surface area contributed by atoms with E-state index in [0.29, 0.717) is 33.9 Å². The minimum Gasteiger partial charge on any atom is -0.484 e. The number of dihydropyridines is 1. The van der Waals surface area contributed by atoms with Gasteiger partial charge in [0.2, 0.25) is 0 Å². The maximum atomic E-state index is 12.9. The predicted molar refractivity (Wildman–Crippen MR) is 136 cm³/mol. The van der Waals surface area contributed by atoms with Gasteiger partial charge in [-0.3, -0.25) is 9.78 Å². The van der Waals surface area contributed by atoms with Crippen molar-refractivity contribution >= 4 is 24.1 Å². The van der Waals surface area contributed by atoms with Crippen molar-refractivity contribution in [3.63, 3.8) is 0 Å². The van der Waals surface area contributed by atoms with Gasteiger partial charge in [-0.15, -0.1) is 0 Å². The first-order valence-corrected chi connectivity index (χ1v) is 11.8. The molecule has 0 saturated heterocycles. The number of allylic oxidation sites excluding steroid dienone is 2. The van der Waals surface area contributed by atoms with Gasteiger partial charge in [0.1, 0.15) is 5.75 Å². The van der Waals surface area contributed by atoms with Crippen LogP contribution in [-0.2, 0) is 23.9 Å². The Bertz CT molecular complexity index is 1180. The fourth-order valence-electron chi connectivity index (χ4n) is 3.85. The molecule has 0 saturated carbocycles. The van der Waals surface area contributed by atoms with E-state index in [1.165, 1.54) is 6.21 Å². The summed E-state index contributed by atoms with van der Waals surface area (Å²) in [5.41, 5.74) is 5.71. The van der Waals surface area contributed by atoms with E-state index in [2.05, 4.69) is 20.8 Å². The molecule has 10 heteroatoms. The molecule has 1 aromatic heterocycles. The van der Waals surface area contributed by atoms with Crippen molar-refractivity contribution in [2.75, 3.05) is 19.8 Å². The Hall–Kier alpha value is -4.47. The van der Waals surface area contributed by atoms with Gasteiger partial charge in [-0.1, -0.05) is 12.1 Å². The number of hydrogen-bond donors (Lipinski definition) is 2. The standard InChI is InChI=1S/C27H30N4O6/c1-5-35-26(33)23-17(3)30-18(4)24(27(34)36-6-2)25(23)20-7-9-21(10-8-20)37-16-22(32)31-29-15-19-11-13-28-14-12-19/h7-15,25,30H,5-6,16H2,1-4H3,(H,31,32)/b29-15+. The van der Waals surface area contributed by atoms with Crippen LogP contribution in [-0.4, -0.2) is 48.9 Å². The van der Waals surface area contributed by atoms with Crippen LogP contribution >= 0.6 is 0 Å². The summed E-state index contributed by atoms with van der Waals surface area (Å²) in [5.74, 6) is -1.73. The first-order chi connectivity index (χ1) is 17.8. The minimum absolute atomic E-state index is 0.196. The lowest BCUT2D eigenvalue weighted by Gasteiger charge is -2.30. The maximum Gasteiger partial charge on any atom is 0.336 e. The van der Waals surface area contributed by atoms with E-state index >= 15 is 0 Å². The van der Waals surface area contributed by atoms with Crippen molar-refractivity contribution in [2.45, 2.75) is 33.6 Å². The third kappa shape index (κ3) is 7.03. The van der Waals surface area contributed by atoms with E-state index in [0.717, 1.165) is 5.56 Å². The second kappa shape index (κ2) is 13.0. The zero-order valence-corrected chi connectivity index (χ0v) is 21.2. The number of ether oxygens (including phenoxy) is 3. The Morgan fingerprint density at radius 1 is 0.946 bits per heavy atom. The van der Waals surface area contributed by atoms with Crippen LogP contribution in [0.4, 0.5) is 0 Å². The number of benzene rings is 1. The number of hydrazone groups is 1. The topological polar surface area (TPSA) is 128 Å². The number of hydrogen-bond acceptors (Lipinski definition) is 9. The molecule has 10 nitrogen and oxygen atoms in total. The van der Waals surface area contributed by atoms with E-state index in [4.69, 9.17) is 14.2 Å². The number of aromatic nitrogens is 1. The molecule has 1 aliphatic heterocycles. The smallest absolute Gasteiger partial charge is 0.336 e. The summed E-state index contributed by atoms with van der Waals surface area (Å²) in [6, 6.07) is 10.3. The number of amides is 1. The summed E-state index contributed by atoms with van der Waals surface area (Å²) in [7, 11) is 0. The molecule has 1 aliphatic rings. The minimum atomic E-state index is -0.695. The van der Waals surface area contributed by atoms with Crippen LogP contribution in [0.5, 0.6) is 5.75 Å². The Morgan fingerprint density at radius 2 is 1.51 bits per heavy atom. The van der Waals surface area contributed by atoms with Crippen LogP contribution < -0.4 is 15.5 Å². The molecule has 0 unspecified atom stereocenters. The summed E-state index contributed by atoms with van der Waals surface area (Å²) < 4.78 is 16.1. The molecule has 0 spiro atoms. The average molecular weight is 507 g/mol. The van der Waals surface area contributed by atoms with Crippen LogP contribution in [0.1, 0.15) is 44.7 Å². The van der Waals surface area contributed by atoms with Crippen LogP contribution in [0.3, 0.4) is 0 Å². The number of pyridine rings is 1. The van der Waals surface area contributed by atoms with Gasteiger partial charge >= 0.3 is 11.9 Å². The van der Waals surface area contributed by atoms with E-state index in [-0.39, 0.29) is 19.8 Å². The summed E-state index contributed by atoms with van der Waals surface area (Å²) >= 11 is 0. The molecule has 0 fully saturated rings. The number of nitrogens with zero attached hydrogens (tertiary/aromatic N) is 2. The van der Waals surface area contributed by atoms with Gasteiger partial charge in [0, 0.05) is 23.8 Å². The molecule has 194 valence electrons. The van der Waals surface area contributed by atoms with Crippen LogP contribution in [0.25, 0.3) is 0 Å². The highest BCUT2D eigenvalue weighted by molar-refractivity contribution is 5.99. The molecule has 1 amide bonds. The summed E-state index contributed by atoms with van der Waals surface area (Å²) in [6.07, 6.45) is 4.75. The number of carbonyl (C=O) groups is 3. The van der Waals surface area contributed by atoms with Crippen LogP contribution in [0, 0.1) is 0 Å². The summed E-state index contributed by atoms with van der Waals surface area (Å²) in [4.78, 5) is 41.7. The molecule has 2 N–H and O–H groups in total. The van der Waals surface area contributed by atoms with Crippen molar-refractivity contribution < 1.29 is 28.6 Å². The first kappa shape index (κ1) is 27.1. The lowest BCUT2D eigenvalue weighted by Crippen LogP contribution is -2.32. The third-order valence-electron chi connectivity index (χ3n) is 5.44. The maximum absolute atomic E-state index is 12.9. The van der Waals surface area contributed by atoms with Gasteiger partial charge in [0.05, 0.1) is 36.5 Å². The Balaban J connectivity index is 1.75. The molecule has 37 heavy (non-hydrogen) atoms. The molecular formula is C27H30N4O6.